The molecule has 1 aliphatic heterocycles. The molecule has 1 amide bonds. The van der Waals surface area contributed by atoms with E-state index in [0.29, 0.717) is 17.7 Å². The third-order valence-corrected chi connectivity index (χ3v) is 5.34. The van der Waals surface area contributed by atoms with Crippen LogP contribution in [-0.4, -0.2) is 5.91 Å². The highest BCUT2D eigenvalue weighted by molar-refractivity contribution is 7.10. The van der Waals surface area contributed by atoms with E-state index in [1.165, 1.54) is 10.9 Å². The van der Waals surface area contributed by atoms with Crippen LogP contribution in [0.15, 0.2) is 60.0 Å². The molecule has 0 aliphatic carbocycles. The Labute approximate surface area is 149 Å². The Hall–Kier alpha value is -2.66. The van der Waals surface area contributed by atoms with E-state index in [1.54, 1.807) is 29.5 Å². The molecule has 2 heterocycles. The predicted octanol–water partition coefficient (Wildman–Crippen LogP) is 4.94. The van der Waals surface area contributed by atoms with Crippen LogP contribution in [0, 0.1) is 5.82 Å². The summed E-state index contributed by atoms with van der Waals surface area (Å²) in [5.41, 5.74) is 2.52. The van der Waals surface area contributed by atoms with E-state index in [2.05, 4.69) is 5.32 Å². The lowest BCUT2D eigenvalue weighted by Gasteiger charge is -2.23. The summed E-state index contributed by atoms with van der Waals surface area (Å²) in [6.45, 7) is 0.187. The summed E-state index contributed by atoms with van der Waals surface area (Å²) in [7, 11) is 0. The normalized spacial score (nSPS) is 16.2. The lowest BCUT2D eigenvalue weighted by molar-refractivity contribution is -0.116. The SMILES string of the molecule is O=C1C[C@@H](c2ccc(OCc3ccccc3F)cc2)c2sccc2N1. The number of hydrogen-bond donors (Lipinski definition) is 1. The monoisotopic (exact) mass is 353 g/mol. The molecule has 5 heteroatoms. The second kappa shape index (κ2) is 6.69. The number of ether oxygens (including phenoxy) is 1. The van der Waals surface area contributed by atoms with Crippen molar-refractivity contribution in [2.75, 3.05) is 5.32 Å². The van der Waals surface area contributed by atoms with Crippen molar-refractivity contribution in [1.29, 1.82) is 0 Å². The second-order valence-electron chi connectivity index (χ2n) is 5.95. The first-order valence-corrected chi connectivity index (χ1v) is 8.92. The van der Waals surface area contributed by atoms with E-state index in [9.17, 15) is 9.18 Å². The zero-order valence-electron chi connectivity index (χ0n) is 13.4. The number of carbonyl (C=O) groups is 1. The van der Waals surface area contributed by atoms with Crippen LogP contribution in [-0.2, 0) is 11.4 Å². The van der Waals surface area contributed by atoms with Crippen molar-refractivity contribution >= 4 is 22.9 Å². The molecule has 2 aromatic carbocycles. The molecule has 0 saturated heterocycles. The molecule has 1 N–H and O–H groups in total. The summed E-state index contributed by atoms with van der Waals surface area (Å²) < 4.78 is 19.3. The summed E-state index contributed by atoms with van der Waals surface area (Å²) in [5.74, 6) is 0.524. The van der Waals surface area contributed by atoms with Crippen LogP contribution in [0.5, 0.6) is 5.75 Å². The number of carbonyl (C=O) groups excluding carboxylic acids is 1. The van der Waals surface area contributed by atoms with Gasteiger partial charge in [0.05, 0.1) is 5.69 Å². The van der Waals surface area contributed by atoms with Crippen LogP contribution in [0.1, 0.15) is 28.3 Å². The quantitative estimate of drug-likeness (QED) is 0.721. The summed E-state index contributed by atoms with van der Waals surface area (Å²) in [6, 6.07) is 16.2. The van der Waals surface area contributed by atoms with E-state index in [-0.39, 0.29) is 24.2 Å². The molecule has 0 saturated carbocycles. The molecule has 3 aromatic rings. The maximum Gasteiger partial charge on any atom is 0.225 e. The molecule has 3 nitrogen and oxygen atoms in total. The fraction of sp³-hybridized carbons (Fsp3) is 0.150. The number of halogens is 1. The van der Waals surface area contributed by atoms with Gasteiger partial charge in [-0.3, -0.25) is 4.79 Å². The second-order valence-corrected chi connectivity index (χ2v) is 6.90. The van der Waals surface area contributed by atoms with Gasteiger partial charge in [-0.25, -0.2) is 4.39 Å². The molecule has 126 valence electrons. The van der Waals surface area contributed by atoms with Gasteiger partial charge in [0.2, 0.25) is 5.91 Å². The van der Waals surface area contributed by atoms with Gasteiger partial charge in [0.1, 0.15) is 18.2 Å². The van der Waals surface area contributed by atoms with Crippen molar-refractivity contribution in [3.05, 3.63) is 81.8 Å². The molecule has 0 spiro atoms. The fourth-order valence-corrected chi connectivity index (χ4v) is 4.00. The zero-order chi connectivity index (χ0) is 17.2. The zero-order valence-corrected chi connectivity index (χ0v) is 14.2. The van der Waals surface area contributed by atoms with Crippen molar-refractivity contribution in [2.45, 2.75) is 18.9 Å². The Bertz CT molecular complexity index is 904. The van der Waals surface area contributed by atoms with Crippen molar-refractivity contribution < 1.29 is 13.9 Å². The molecule has 1 aliphatic rings. The summed E-state index contributed by atoms with van der Waals surface area (Å²) in [4.78, 5) is 13.1. The van der Waals surface area contributed by atoms with E-state index in [0.717, 1.165) is 11.3 Å². The molecule has 0 unspecified atom stereocenters. The van der Waals surface area contributed by atoms with Crippen LogP contribution in [0.2, 0.25) is 0 Å². The highest BCUT2D eigenvalue weighted by Gasteiger charge is 2.27. The number of thiophene rings is 1. The van der Waals surface area contributed by atoms with Gasteiger partial charge in [0, 0.05) is 22.8 Å². The number of amides is 1. The van der Waals surface area contributed by atoms with Crippen molar-refractivity contribution in [3.8, 4) is 5.75 Å². The van der Waals surface area contributed by atoms with Crippen LogP contribution >= 0.6 is 11.3 Å². The van der Waals surface area contributed by atoms with Crippen molar-refractivity contribution in [2.24, 2.45) is 0 Å². The van der Waals surface area contributed by atoms with Crippen molar-refractivity contribution in [3.63, 3.8) is 0 Å². The van der Waals surface area contributed by atoms with Gasteiger partial charge in [-0.1, -0.05) is 30.3 Å². The summed E-state index contributed by atoms with van der Waals surface area (Å²) >= 11 is 1.66. The van der Waals surface area contributed by atoms with Crippen LogP contribution in [0.3, 0.4) is 0 Å². The average molecular weight is 353 g/mol. The standard InChI is InChI=1S/C20H16FNO2S/c21-17-4-2-1-3-14(17)12-24-15-7-5-13(6-8-15)16-11-19(23)22-18-9-10-25-20(16)18/h1-10,16H,11-12H2,(H,22,23)/t16-/m0/s1. The topological polar surface area (TPSA) is 38.3 Å². The Balaban J connectivity index is 1.50. The lowest BCUT2D eigenvalue weighted by Crippen LogP contribution is -2.21. The number of fused-ring (bicyclic) bond motifs is 1. The average Bonchev–Trinajstić information content (AvgIpc) is 3.09. The minimum atomic E-state index is -0.266. The van der Waals surface area contributed by atoms with Gasteiger partial charge < -0.3 is 10.1 Å². The van der Waals surface area contributed by atoms with Crippen LogP contribution in [0.25, 0.3) is 0 Å². The minimum absolute atomic E-state index is 0.0378. The van der Waals surface area contributed by atoms with Gasteiger partial charge >= 0.3 is 0 Å². The predicted molar refractivity (Wildman–Crippen MR) is 96.6 cm³/mol. The van der Waals surface area contributed by atoms with Gasteiger partial charge in [0.15, 0.2) is 0 Å². The fourth-order valence-electron chi connectivity index (χ4n) is 3.02. The van der Waals surface area contributed by atoms with Crippen molar-refractivity contribution in [1.82, 2.24) is 0 Å². The van der Waals surface area contributed by atoms with Crippen LogP contribution in [0.4, 0.5) is 10.1 Å². The number of hydrogen-bond acceptors (Lipinski definition) is 3. The lowest BCUT2D eigenvalue weighted by atomic mass is 9.91. The molecular weight excluding hydrogens is 337 g/mol. The van der Waals surface area contributed by atoms with E-state index in [4.69, 9.17) is 4.74 Å². The number of anilines is 1. The highest BCUT2D eigenvalue weighted by Crippen LogP contribution is 2.40. The Kier molecular flexibility index (Phi) is 4.24. The minimum Gasteiger partial charge on any atom is -0.489 e. The largest absolute Gasteiger partial charge is 0.489 e. The van der Waals surface area contributed by atoms with E-state index >= 15 is 0 Å². The molecule has 4 rings (SSSR count). The number of benzene rings is 2. The van der Waals surface area contributed by atoms with Crippen LogP contribution < -0.4 is 10.1 Å². The number of nitrogens with one attached hydrogen (secondary N) is 1. The molecule has 25 heavy (non-hydrogen) atoms. The third-order valence-electron chi connectivity index (χ3n) is 4.31. The first kappa shape index (κ1) is 15.8. The van der Waals surface area contributed by atoms with Gasteiger partial charge in [-0.15, -0.1) is 11.3 Å². The Morgan fingerprint density at radius 1 is 1.12 bits per heavy atom. The van der Waals surface area contributed by atoms with E-state index < -0.39 is 0 Å². The molecule has 1 aromatic heterocycles. The molecular formula is C20H16FNO2S. The maximum absolute atomic E-state index is 13.6. The Morgan fingerprint density at radius 2 is 1.92 bits per heavy atom. The number of rotatable bonds is 4. The van der Waals surface area contributed by atoms with Gasteiger partial charge in [-0.2, -0.15) is 0 Å². The van der Waals surface area contributed by atoms with Gasteiger partial charge in [-0.05, 0) is 35.2 Å². The van der Waals surface area contributed by atoms with Gasteiger partial charge in [0.25, 0.3) is 0 Å². The maximum atomic E-state index is 13.6. The summed E-state index contributed by atoms with van der Waals surface area (Å²) in [5, 5.41) is 4.90. The van der Waals surface area contributed by atoms with E-state index in [1.807, 2.05) is 35.7 Å². The first-order valence-electron chi connectivity index (χ1n) is 8.04. The Morgan fingerprint density at radius 3 is 2.72 bits per heavy atom. The first-order chi connectivity index (χ1) is 12.2. The highest BCUT2D eigenvalue weighted by atomic mass is 32.1. The molecule has 0 bridgehead atoms. The molecule has 1 atom stereocenters. The summed E-state index contributed by atoms with van der Waals surface area (Å²) in [6.07, 6.45) is 0.447. The smallest absolute Gasteiger partial charge is 0.225 e. The molecule has 0 fully saturated rings. The molecule has 0 radical (unpaired) electrons. The third kappa shape index (κ3) is 3.28.